The number of benzene rings is 1. The first-order chi connectivity index (χ1) is 8.54. The van der Waals surface area contributed by atoms with Crippen LogP contribution < -0.4 is 0 Å². The zero-order valence-corrected chi connectivity index (χ0v) is 12.5. The van der Waals surface area contributed by atoms with Gasteiger partial charge in [-0.1, -0.05) is 6.92 Å². The van der Waals surface area contributed by atoms with Crippen molar-refractivity contribution in [1.29, 1.82) is 0 Å². The minimum absolute atomic E-state index is 0.304. The number of hydrogen-bond donors (Lipinski definition) is 1. The van der Waals surface area contributed by atoms with Gasteiger partial charge in [-0.15, -0.1) is 0 Å². The van der Waals surface area contributed by atoms with Crippen molar-refractivity contribution in [3.63, 3.8) is 0 Å². The molecule has 96 valence electrons. The van der Waals surface area contributed by atoms with Gasteiger partial charge in [-0.2, -0.15) is 5.10 Å². The Balaban J connectivity index is 2.65. The van der Waals surface area contributed by atoms with Crippen molar-refractivity contribution < 1.29 is 4.39 Å². The molecule has 6 heteroatoms. The Morgan fingerprint density at radius 3 is 2.89 bits per heavy atom. The van der Waals surface area contributed by atoms with E-state index in [2.05, 4.69) is 33.1 Å². The largest absolute Gasteiger partial charge is 0.272 e. The Labute approximate surface area is 118 Å². The fourth-order valence-corrected chi connectivity index (χ4v) is 2.55. The van der Waals surface area contributed by atoms with Crippen molar-refractivity contribution in [3.8, 4) is 5.69 Å². The fraction of sp³-hybridized carbons (Fsp3) is 0.333. The number of rotatable bonds is 3. The Hall–Kier alpha value is -1.01. The first kappa shape index (κ1) is 13.4. The zero-order valence-electron chi connectivity index (χ0n) is 10.1. The molecule has 0 aliphatic carbocycles. The summed E-state index contributed by atoms with van der Waals surface area (Å²) < 4.78 is 16.4. The van der Waals surface area contributed by atoms with E-state index in [0.717, 1.165) is 29.9 Å². The van der Waals surface area contributed by atoms with E-state index < -0.39 is 0 Å². The van der Waals surface area contributed by atoms with Gasteiger partial charge in [0.15, 0.2) is 4.77 Å². The van der Waals surface area contributed by atoms with Gasteiger partial charge < -0.3 is 0 Å². The van der Waals surface area contributed by atoms with Gasteiger partial charge in [0.1, 0.15) is 11.6 Å². The van der Waals surface area contributed by atoms with Gasteiger partial charge in [-0.05, 0) is 59.2 Å². The Kier molecular flexibility index (Phi) is 3.97. The van der Waals surface area contributed by atoms with Crippen LogP contribution in [0.15, 0.2) is 16.6 Å². The summed E-state index contributed by atoms with van der Waals surface area (Å²) in [6.45, 7) is 3.99. The van der Waals surface area contributed by atoms with Crippen LogP contribution in [0, 0.1) is 17.5 Å². The Morgan fingerprint density at radius 2 is 2.22 bits per heavy atom. The third-order valence-electron chi connectivity index (χ3n) is 2.70. The van der Waals surface area contributed by atoms with E-state index in [4.69, 9.17) is 12.2 Å². The van der Waals surface area contributed by atoms with Gasteiger partial charge in [0.2, 0.25) is 0 Å². The molecular weight excluding hydrogens is 317 g/mol. The highest BCUT2D eigenvalue weighted by Gasteiger charge is 2.12. The highest BCUT2D eigenvalue weighted by atomic mass is 79.9. The van der Waals surface area contributed by atoms with Crippen LogP contribution in [-0.2, 0) is 6.42 Å². The minimum Gasteiger partial charge on any atom is -0.272 e. The first-order valence-electron chi connectivity index (χ1n) is 5.67. The maximum Gasteiger partial charge on any atom is 0.199 e. The number of nitrogens with one attached hydrogen (secondary N) is 1. The summed E-state index contributed by atoms with van der Waals surface area (Å²) in [5, 5.41) is 6.95. The smallest absolute Gasteiger partial charge is 0.199 e. The summed E-state index contributed by atoms with van der Waals surface area (Å²) >= 11 is 8.39. The molecule has 0 unspecified atom stereocenters. The lowest BCUT2D eigenvalue weighted by Gasteiger charge is -2.10. The normalized spacial score (nSPS) is 10.9. The van der Waals surface area contributed by atoms with Crippen LogP contribution in [0.4, 0.5) is 4.39 Å². The van der Waals surface area contributed by atoms with E-state index in [1.165, 1.54) is 6.07 Å². The van der Waals surface area contributed by atoms with E-state index in [0.29, 0.717) is 9.24 Å². The molecule has 0 saturated carbocycles. The first-order valence-corrected chi connectivity index (χ1v) is 6.87. The lowest BCUT2D eigenvalue weighted by molar-refractivity contribution is 0.618. The second kappa shape index (κ2) is 5.32. The molecular formula is C12H13BrFN3S. The Morgan fingerprint density at radius 1 is 1.50 bits per heavy atom. The number of aromatic nitrogens is 3. The predicted molar refractivity (Wildman–Crippen MR) is 75.1 cm³/mol. The molecule has 0 bridgehead atoms. The lowest BCUT2D eigenvalue weighted by atomic mass is 10.2. The van der Waals surface area contributed by atoms with Gasteiger partial charge in [0.05, 0.1) is 10.2 Å². The van der Waals surface area contributed by atoms with Crippen LogP contribution in [0.25, 0.3) is 5.69 Å². The molecule has 0 spiro atoms. The van der Waals surface area contributed by atoms with Crippen molar-refractivity contribution >= 4 is 28.1 Å². The lowest BCUT2D eigenvalue weighted by Crippen LogP contribution is -2.04. The summed E-state index contributed by atoms with van der Waals surface area (Å²) in [5.41, 5.74) is 1.68. The third-order valence-corrected chi connectivity index (χ3v) is 3.58. The molecule has 0 aliphatic heterocycles. The second-order valence-corrected chi connectivity index (χ2v) is 5.32. The molecule has 2 aromatic rings. The van der Waals surface area contributed by atoms with E-state index >= 15 is 0 Å². The quantitative estimate of drug-likeness (QED) is 0.860. The van der Waals surface area contributed by atoms with Crippen LogP contribution >= 0.6 is 28.1 Å². The van der Waals surface area contributed by atoms with Crippen LogP contribution in [0.5, 0.6) is 0 Å². The molecule has 1 heterocycles. The standard InChI is InChI=1S/C12H13BrFN3S/c1-3-4-11-15-16-12(18)17(11)10-6-9(14)8(13)5-7(10)2/h5-6H,3-4H2,1-2H3,(H,16,18). The number of hydrogen-bond acceptors (Lipinski definition) is 2. The summed E-state index contributed by atoms with van der Waals surface area (Å²) in [6.07, 6.45) is 1.75. The number of nitrogens with zero attached hydrogens (tertiary/aromatic N) is 2. The van der Waals surface area contributed by atoms with Gasteiger partial charge >= 0.3 is 0 Å². The molecule has 0 radical (unpaired) electrons. The van der Waals surface area contributed by atoms with Crippen LogP contribution in [0.3, 0.4) is 0 Å². The molecule has 1 aromatic carbocycles. The molecule has 1 N–H and O–H groups in total. The number of H-pyrrole nitrogens is 1. The average molecular weight is 330 g/mol. The van der Waals surface area contributed by atoms with Gasteiger partial charge in [-0.25, -0.2) is 4.39 Å². The van der Waals surface area contributed by atoms with Crippen molar-refractivity contribution in [3.05, 3.63) is 38.6 Å². The molecule has 2 rings (SSSR count). The maximum atomic E-state index is 13.7. The zero-order chi connectivity index (χ0) is 13.3. The number of halogens is 2. The SMILES string of the molecule is CCCc1n[nH]c(=S)n1-c1cc(F)c(Br)cc1C. The van der Waals surface area contributed by atoms with Gasteiger partial charge in [-0.3, -0.25) is 9.67 Å². The molecule has 1 aromatic heterocycles. The molecule has 0 amide bonds. The molecule has 0 saturated heterocycles. The van der Waals surface area contributed by atoms with Crippen molar-refractivity contribution in [2.45, 2.75) is 26.7 Å². The molecule has 18 heavy (non-hydrogen) atoms. The summed E-state index contributed by atoms with van der Waals surface area (Å²) in [5.74, 6) is 0.522. The minimum atomic E-state index is -0.304. The van der Waals surface area contributed by atoms with Crippen LogP contribution in [0.1, 0.15) is 24.7 Å². The topological polar surface area (TPSA) is 33.6 Å². The number of aromatic amines is 1. The summed E-state index contributed by atoms with van der Waals surface area (Å²) in [7, 11) is 0. The molecule has 3 nitrogen and oxygen atoms in total. The fourth-order valence-electron chi connectivity index (χ4n) is 1.85. The number of aryl methyl sites for hydroxylation is 2. The van der Waals surface area contributed by atoms with Crippen LogP contribution in [-0.4, -0.2) is 14.8 Å². The molecule has 0 aliphatic rings. The highest BCUT2D eigenvalue weighted by molar-refractivity contribution is 9.10. The highest BCUT2D eigenvalue weighted by Crippen LogP contribution is 2.24. The molecule has 0 fully saturated rings. The van der Waals surface area contributed by atoms with E-state index in [1.54, 1.807) is 10.6 Å². The monoisotopic (exact) mass is 329 g/mol. The second-order valence-electron chi connectivity index (χ2n) is 4.08. The maximum absolute atomic E-state index is 13.7. The third kappa shape index (κ3) is 2.40. The van der Waals surface area contributed by atoms with Crippen molar-refractivity contribution in [2.24, 2.45) is 0 Å². The van der Waals surface area contributed by atoms with E-state index in [9.17, 15) is 4.39 Å². The Bertz CT molecular complexity index is 633. The van der Waals surface area contributed by atoms with E-state index in [-0.39, 0.29) is 5.82 Å². The average Bonchev–Trinajstić information content (AvgIpc) is 2.66. The molecule has 0 atom stereocenters. The predicted octanol–water partition coefficient (Wildman–Crippen LogP) is 4.09. The summed E-state index contributed by atoms with van der Waals surface area (Å²) in [4.78, 5) is 0. The van der Waals surface area contributed by atoms with E-state index in [1.807, 2.05) is 6.92 Å². The van der Waals surface area contributed by atoms with Crippen molar-refractivity contribution in [1.82, 2.24) is 14.8 Å². The van der Waals surface area contributed by atoms with Crippen molar-refractivity contribution in [2.75, 3.05) is 0 Å². The van der Waals surface area contributed by atoms with Gasteiger partial charge in [0, 0.05) is 6.42 Å². The van der Waals surface area contributed by atoms with Crippen LogP contribution in [0.2, 0.25) is 0 Å². The summed E-state index contributed by atoms with van der Waals surface area (Å²) in [6, 6.07) is 3.22. The van der Waals surface area contributed by atoms with Gasteiger partial charge in [0.25, 0.3) is 0 Å².